The quantitative estimate of drug-likeness (QED) is 0.601. The van der Waals surface area contributed by atoms with Crippen LogP contribution in [0.2, 0.25) is 0 Å². The molecule has 0 saturated carbocycles. The fraction of sp³-hybridized carbons (Fsp3) is 0.438. The Balaban J connectivity index is 1.62. The van der Waals surface area contributed by atoms with Crippen LogP contribution in [0.15, 0.2) is 30.2 Å². The molecule has 2 rings (SSSR count). The van der Waals surface area contributed by atoms with Gasteiger partial charge in [0.1, 0.15) is 0 Å². The van der Waals surface area contributed by atoms with Gasteiger partial charge >= 0.3 is 12.0 Å². The highest BCUT2D eigenvalue weighted by atomic mass is 16.5. The molecular weight excluding hydrogens is 312 g/mol. The Morgan fingerprint density at radius 3 is 2.79 bits per heavy atom. The number of esters is 1. The number of carbonyl (C=O) groups is 3. The number of hydrogen-bond acceptors (Lipinski definition) is 6. The summed E-state index contributed by atoms with van der Waals surface area (Å²) in [6.45, 7) is -0.0989. The van der Waals surface area contributed by atoms with E-state index in [9.17, 15) is 14.4 Å². The minimum absolute atomic E-state index is 0.00416. The molecule has 0 bridgehead atoms. The summed E-state index contributed by atoms with van der Waals surface area (Å²) in [5.74, 6) is -1.48. The zero-order valence-electron chi connectivity index (χ0n) is 13.3. The van der Waals surface area contributed by atoms with E-state index in [0.717, 1.165) is 19.3 Å². The van der Waals surface area contributed by atoms with E-state index in [1.165, 1.54) is 37.0 Å². The zero-order valence-corrected chi connectivity index (χ0v) is 13.3. The van der Waals surface area contributed by atoms with E-state index in [1.807, 2.05) is 0 Å². The van der Waals surface area contributed by atoms with Crippen LogP contribution in [0.4, 0.5) is 4.79 Å². The highest BCUT2D eigenvalue weighted by Gasteiger charge is 2.13. The van der Waals surface area contributed by atoms with Gasteiger partial charge in [-0.1, -0.05) is 11.6 Å². The summed E-state index contributed by atoms with van der Waals surface area (Å²) >= 11 is 0. The molecule has 1 aromatic heterocycles. The third kappa shape index (κ3) is 6.15. The van der Waals surface area contributed by atoms with Gasteiger partial charge in [0, 0.05) is 18.9 Å². The van der Waals surface area contributed by atoms with Crippen molar-refractivity contribution in [1.82, 2.24) is 20.6 Å². The van der Waals surface area contributed by atoms with Crippen molar-refractivity contribution in [2.24, 2.45) is 0 Å². The van der Waals surface area contributed by atoms with Crippen LogP contribution in [0.5, 0.6) is 0 Å². The average molecular weight is 332 g/mol. The summed E-state index contributed by atoms with van der Waals surface area (Å²) in [5.41, 5.74) is 1.33. The van der Waals surface area contributed by atoms with Crippen LogP contribution in [0, 0.1) is 0 Å². The van der Waals surface area contributed by atoms with E-state index < -0.39 is 24.5 Å². The second kappa shape index (κ2) is 9.39. The Kier molecular flexibility index (Phi) is 6.88. The van der Waals surface area contributed by atoms with E-state index in [1.54, 1.807) is 0 Å². The van der Waals surface area contributed by atoms with Crippen molar-refractivity contribution < 1.29 is 19.1 Å². The molecule has 8 heteroatoms. The number of carbonyl (C=O) groups excluding carboxylic acids is 3. The lowest BCUT2D eigenvalue weighted by Gasteiger charge is -2.13. The Hall–Kier alpha value is -2.77. The Bertz CT molecular complexity index is 616. The van der Waals surface area contributed by atoms with Crippen molar-refractivity contribution in [2.45, 2.75) is 32.1 Å². The van der Waals surface area contributed by atoms with Crippen LogP contribution in [0.1, 0.15) is 42.6 Å². The molecule has 0 radical (unpaired) electrons. The maximum Gasteiger partial charge on any atom is 0.359 e. The first kappa shape index (κ1) is 17.6. The molecule has 0 atom stereocenters. The third-order valence-corrected chi connectivity index (χ3v) is 3.48. The summed E-state index contributed by atoms with van der Waals surface area (Å²) in [7, 11) is 0. The van der Waals surface area contributed by atoms with Gasteiger partial charge in [-0.05, 0) is 32.1 Å². The first-order valence-corrected chi connectivity index (χ1v) is 7.84. The van der Waals surface area contributed by atoms with E-state index in [0.29, 0.717) is 6.54 Å². The minimum atomic E-state index is -0.775. The normalized spacial score (nSPS) is 13.6. The molecule has 0 fully saturated rings. The molecule has 3 amide bonds. The standard InChI is InChI=1S/C16H20N4O4/c21-14(11-24-15(22)13-10-17-8-9-18-13)20-16(23)19-7-6-12-4-2-1-3-5-12/h4,8-10H,1-3,5-7,11H2,(H2,19,20,21,23). The number of nitrogens with one attached hydrogen (secondary N) is 2. The Morgan fingerprint density at radius 2 is 2.08 bits per heavy atom. The maximum atomic E-state index is 11.6. The highest BCUT2D eigenvalue weighted by molar-refractivity contribution is 5.96. The van der Waals surface area contributed by atoms with Crippen molar-refractivity contribution in [2.75, 3.05) is 13.2 Å². The predicted molar refractivity (Wildman–Crippen MR) is 85.0 cm³/mol. The minimum Gasteiger partial charge on any atom is -0.451 e. The Morgan fingerprint density at radius 1 is 1.21 bits per heavy atom. The molecular formula is C16H20N4O4. The first-order valence-electron chi connectivity index (χ1n) is 7.84. The molecule has 128 valence electrons. The Labute approximate surface area is 139 Å². The number of nitrogens with zero attached hydrogens (tertiary/aromatic N) is 2. The number of allylic oxidation sites excluding steroid dienone is 1. The first-order chi connectivity index (χ1) is 11.6. The topological polar surface area (TPSA) is 110 Å². The van der Waals surface area contributed by atoms with E-state index in [4.69, 9.17) is 4.74 Å². The van der Waals surface area contributed by atoms with Crippen molar-refractivity contribution in [1.29, 1.82) is 0 Å². The van der Waals surface area contributed by atoms with Crippen LogP contribution < -0.4 is 10.6 Å². The number of ether oxygens (including phenoxy) is 1. The lowest BCUT2D eigenvalue weighted by molar-refractivity contribution is -0.123. The number of hydrogen-bond donors (Lipinski definition) is 2. The van der Waals surface area contributed by atoms with Crippen molar-refractivity contribution >= 4 is 17.9 Å². The third-order valence-electron chi connectivity index (χ3n) is 3.48. The van der Waals surface area contributed by atoms with Gasteiger partial charge in [-0.2, -0.15) is 0 Å². The molecule has 0 aromatic carbocycles. The molecule has 8 nitrogen and oxygen atoms in total. The fourth-order valence-corrected chi connectivity index (χ4v) is 2.28. The van der Waals surface area contributed by atoms with E-state index >= 15 is 0 Å². The lowest BCUT2D eigenvalue weighted by Crippen LogP contribution is -2.41. The number of imide groups is 1. The van der Waals surface area contributed by atoms with Crippen LogP contribution in [-0.4, -0.2) is 41.0 Å². The summed E-state index contributed by atoms with van der Waals surface area (Å²) in [6, 6.07) is -0.605. The number of urea groups is 1. The molecule has 0 aliphatic heterocycles. The molecule has 1 aliphatic rings. The summed E-state index contributed by atoms with van der Waals surface area (Å²) < 4.78 is 4.75. The second-order valence-corrected chi connectivity index (χ2v) is 5.33. The van der Waals surface area contributed by atoms with Crippen LogP contribution in [0.25, 0.3) is 0 Å². The van der Waals surface area contributed by atoms with Gasteiger partial charge in [-0.3, -0.25) is 15.1 Å². The SMILES string of the molecule is O=C(COC(=O)c1cnccn1)NC(=O)NCCC1=CCCCC1. The predicted octanol–water partition coefficient (Wildman–Crippen LogP) is 1.35. The van der Waals surface area contributed by atoms with Gasteiger partial charge in [0.05, 0.1) is 6.20 Å². The maximum absolute atomic E-state index is 11.6. The molecule has 24 heavy (non-hydrogen) atoms. The monoisotopic (exact) mass is 332 g/mol. The van der Waals surface area contributed by atoms with Crippen molar-refractivity contribution in [3.63, 3.8) is 0 Å². The summed E-state index contributed by atoms with van der Waals surface area (Å²) in [4.78, 5) is 42.2. The summed E-state index contributed by atoms with van der Waals surface area (Å²) in [6.07, 6.45) is 11.5. The van der Waals surface area contributed by atoms with E-state index in [-0.39, 0.29) is 5.69 Å². The largest absolute Gasteiger partial charge is 0.451 e. The lowest BCUT2D eigenvalue weighted by atomic mass is 9.97. The van der Waals surface area contributed by atoms with Crippen LogP contribution >= 0.6 is 0 Å². The van der Waals surface area contributed by atoms with Gasteiger partial charge in [0.15, 0.2) is 12.3 Å². The second-order valence-electron chi connectivity index (χ2n) is 5.33. The highest BCUT2D eigenvalue weighted by Crippen LogP contribution is 2.19. The van der Waals surface area contributed by atoms with Crippen LogP contribution in [-0.2, 0) is 9.53 Å². The molecule has 0 spiro atoms. The molecule has 1 aromatic rings. The summed E-state index contributed by atoms with van der Waals surface area (Å²) in [5, 5.41) is 4.71. The van der Waals surface area contributed by atoms with Gasteiger partial charge in [-0.25, -0.2) is 14.6 Å². The van der Waals surface area contributed by atoms with Gasteiger partial charge in [0.25, 0.3) is 5.91 Å². The smallest absolute Gasteiger partial charge is 0.359 e. The van der Waals surface area contributed by atoms with E-state index in [2.05, 4.69) is 26.7 Å². The molecule has 1 heterocycles. The number of amides is 3. The number of aromatic nitrogens is 2. The molecule has 2 N–H and O–H groups in total. The molecule has 0 unspecified atom stereocenters. The number of rotatable bonds is 6. The average Bonchev–Trinajstić information content (AvgIpc) is 2.61. The molecule has 1 aliphatic carbocycles. The van der Waals surface area contributed by atoms with Gasteiger partial charge in [0.2, 0.25) is 0 Å². The van der Waals surface area contributed by atoms with Crippen LogP contribution in [0.3, 0.4) is 0 Å². The zero-order chi connectivity index (χ0) is 17.2. The van der Waals surface area contributed by atoms with Gasteiger partial charge < -0.3 is 10.1 Å². The van der Waals surface area contributed by atoms with Gasteiger partial charge in [-0.15, -0.1) is 0 Å². The van der Waals surface area contributed by atoms with Crippen molar-refractivity contribution in [3.8, 4) is 0 Å². The van der Waals surface area contributed by atoms with Crippen molar-refractivity contribution in [3.05, 3.63) is 35.9 Å². The fourth-order valence-electron chi connectivity index (χ4n) is 2.28. The molecule has 0 saturated heterocycles.